The Morgan fingerprint density at radius 1 is 1.33 bits per heavy atom. The minimum Gasteiger partial charge on any atom is -0.295 e. The molecule has 0 amide bonds. The number of halogens is 1. The highest BCUT2D eigenvalue weighted by Gasteiger charge is 2.13. The molecular weight excluding hydrogens is 304 g/mol. The van der Waals surface area contributed by atoms with Gasteiger partial charge in [-0.3, -0.25) is 9.58 Å². The largest absolute Gasteiger partial charge is 0.295 e. The maximum atomic E-state index is 6.29. The van der Waals surface area contributed by atoms with Crippen molar-refractivity contribution in [1.29, 1.82) is 0 Å². The van der Waals surface area contributed by atoms with Gasteiger partial charge in [-0.2, -0.15) is 0 Å². The summed E-state index contributed by atoms with van der Waals surface area (Å²) < 4.78 is 2.91. The van der Waals surface area contributed by atoms with Crippen LogP contribution in [0.3, 0.4) is 0 Å². The van der Waals surface area contributed by atoms with Gasteiger partial charge in [0.25, 0.3) is 0 Å². The fraction of sp³-hybridized carbons (Fsp3) is 0.333. The molecule has 0 N–H and O–H groups in total. The predicted molar refractivity (Wildman–Crippen MR) is 87.7 cm³/mol. The molecule has 0 fully saturated rings. The van der Waals surface area contributed by atoms with Gasteiger partial charge in [-0.1, -0.05) is 28.9 Å². The quantitative estimate of drug-likeness (QED) is 0.736. The van der Waals surface area contributed by atoms with Crippen molar-refractivity contribution in [2.75, 3.05) is 7.05 Å². The molecule has 1 aromatic carbocycles. The SMILES string of the molecule is Cc1c(CN(C)Cc2cn(C)nn2)sc2c(Cl)cccc12. The first-order valence-electron chi connectivity index (χ1n) is 6.75. The highest BCUT2D eigenvalue weighted by Crippen LogP contribution is 2.36. The molecule has 4 nitrogen and oxygen atoms in total. The number of hydrogen-bond acceptors (Lipinski definition) is 4. The zero-order valence-electron chi connectivity index (χ0n) is 12.3. The summed E-state index contributed by atoms with van der Waals surface area (Å²) >= 11 is 8.07. The lowest BCUT2D eigenvalue weighted by Gasteiger charge is -2.14. The number of fused-ring (bicyclic) bond motifs is 1. The van der Waals surface area contributed by atoms with E-state index in [-0.39, 0.29) is 0 Å². The normalized spacial score (nSPS) is 11.7. The van der Waals surface area contributed by atoms with E-state index in [1.54, 1.807) is 16.0 Å². The second-order valence-corrected chi connectivity index (χ2v) is 6.83. The molecule has 6 heteroatoms. The number of thiophene rings is 1. The van der Waals surface area contributed by atoms with Crippen LogP contribution in [0, 0.1) is 6.92 Å². The monoisotopic (exact) mass is 320 g/mol. The molecule has 0 saturated carbocycles. The van der Waals surface area contributed by atoms with E-state index >= 15 is 0 Å². The minimum absolute atomic E-state index is 0.787. The molecule has 0 saturated heterocycles. The summed E-state index contributed by atoms with van der Waals surface area (Å²) in [4.78, 5) is 3.60. The van der Waals surface area contributed by atoms with Gasteiger partial charge >= 0.3 is 0 Å². The molecule has 3 rings (SSSR count). The van der Waals surface area contributed by atoms with Crippen LogP contribution < -0.4 is 0 Å². The Labute approximate surface area is 132 Å². The van der Waals surface area contributed by atoms with E-state index in [0.29, 0.717) is 0 Å². The Bertz CT molecular complexity index is 777. The lowest BCUT2D eigenvalue weighted by Crippen LogP contribution is -2.17. The fourth-order valence-electron chi connectivity index (χ4n) is 2.45. The maximum Gasteiger partial charge on any atom is 0.0967 e. The van der Waals surface area contributed by atoms with Crippen molar-refractivity contribution >= 4 is 33.0 Å². The molecule has 0 aliphatic rings. The van der Waals surface area contributed by atoms with Gasteiger partial charge in [0.1, 0.15) is 0 Å². The number of benzene rings is 1. The third kappa shape index (κ3) is 2.95. The second-order valence-electron chi connectivity index (χ2n) is 5.32. The van der Waals surface area contributed by atoms with Crippen LogP contribution in [-0.4, -0.2) is 26.9 Å². The smallest absolute Gasteiger partial charge is 0.0967 e. The number of aromatic nitrogens is 3. The summed E-state index contributed by atoms with van der Waals surface area (Å²) in [6.45, 7) is 3.84. The van der Waals surface area contributed by atoms with E-state index in [9.17, 15) is 0 Å². The van der Waals surface area contributed by atoms with E-state index in [4.69, 9.17) is 11.6 Å². The third-order valence-electron chi connectivity index (χ3n) is 3.51. The van der Waals surface area contributed by atoms with Crippen LogP contribution in [0.15, 0.2) is 24.4 Å². The summed E-state index contributed by atoms with van der Waals surface area (Å²) in [5.41, 5.74) is 2.31. The molecule has 3 aromatic rings. The first-order valence-corrected chi connectivity index (χ1v) is 7.94. The molecule has 0 bridgehead atoms. The predicted octanol–water partition coefficient (Wildman–Crippen LogP) is 3.62. The Kier molecular flexibility index (Phi) is 3.97. The second kappa shape index (κ2) is 5.75. The summed E-state index contributed by atoms with van der Waals surface area (Å²) in [7, 11) is 3.98. The summed E-state index contributed by atoms with van der Waals surface area (Å²) in [5.74, 6) is 0. The van der Waals surface area contributed by atoms with Gasteiger partial charge in [0.05, 0.1) is 15.4 Å². The van der Waals surface area contributed by atoms with Crippen LogP contribution in [0.5, 0.6) is 0 Å². The summed E-state index contributed by atoms with van der Waals surface area (Å²) in [6.07, 6.45) is 1.95. The van der Waals surface area contributed by atoms with Crippen molar-refractivity contribution in [2.24, 2.45) is 7.05 Å². The van der Waals surface area contributed by atoms with Crippen LogP contribution in [0.4, 0.5) is 0 Å². The zero-order chi connectivity index (χ0) is 15.0. The lowest BCUT2D eigenvalue weighted by molar-refractivity contribution is 0.317. The Balaban J connectivity index is 1.81. The zero-order valence-corrected chi connectivity index (χ0v) is 13.9. The maximum absolute atomic E-state index is 6.29. The van der Waals surface area contributed by atoms with Crippen molar-refractivity contribution in [3.63, 3.8) is 0 Å². The molecule has 0 atom stereocenters. The van der Waals surface area contributed by atoms with Crippen molar-refractivity contribution in [3.8, 4) is 0 Å². The van der Waals surface area contributed by atoms with Crippen LogP contribution in [0.2, 0.25) is 5.02 Å². The summed E-state index contributed by atoms with van der Waals surface area (Å²) in [6, 6.07) is 6.10. The summed E-state index contributed by atoms with van der Waals surface area (Å²) in [5, 5.41) is 10.2. The fourth-order valence-corrected chi connectivity index (χ4v) is 4.04. The molecule has 0 aliphatic carbocycles. The highest BCUT2D eigenvalue weighted by atomic mass is 35.5. The molecule has 0 radical (unpaired) electrons. The lowest BCUT2D eigenvalue weighted by atomic mass is 10.1. The Morgan fingerprint density at radius 3 is 2.81 bits per heavy atom. The van der Waals surface area contributed by atoms with Crippen molar-refractivity contribution in [2.45, 2.75) is 20.0 Å². The van der Waals surface area contributed by atoms with Gasteiger partial charge < -0.3 is 0 Å². The van der Waals surface area contributed by atoms with E-state index in [1.165, 1.54) is 20.5 Å². The van der Waals surface area contributed by atoms with Crippen LogP contribution in [0.1, 0.15) is 16.1 Å². The van der Waals surface area contributed by atoms with Crippen LogP contribution in [-0.2, 0) is 20.1 Å². The number of hydrogen-bond donors (Lipinski definition) is 0. The van der Waals surface area contributed by atoms with Crippen molar-refractivity contribution in [1.82, 2.24) is 19.9 Å². The molecule has 0 aliphatic heterocycles. The van der Waals surface area contributed by atoms with E-state index in [1.807, 2.05) is 25.4 Å². The molecule has 2 aromatic heterocycles. The molecule has 110 valence electrons. The number of nitrogens with zero attached hydrogens (tertiary/aromatic N) is 4. The van der Waals surface area contributed by atoms with Crippen LogP contribution in [0.25, 0.3) is 10.1 Å². The first-order chi connectivity index (χ1) is 10.0. The van der Waals surface area contributed by atoms with Crippen molar-refractivity contribution < 1.29 is 0 Å². The first kappa shape index (κ1) is 14.5. The van der Waals surface area contributed by atoms with Gasteiger partial charge in [-0.05, 0) is 31.0 Å². The average Bonchev–Trinajstić information content (AvgIpc) is 2.97. The molecule has 21 heavy (non-hydrogen) atoms. The average molecular weight is 321 g/mol. The van der Waals surface area contributed by atoms with Gasteiger partial charge in [0.15, 0.2) is 0 Å². The third-order valence-corrected chi connectivity index (χ3v) is 5.26. The molecule has 0 spiro atoms. The number of aryl methyl sites for hydroxylation is 2. The van der Waals surface area contributed by atoms with Gasteiger partial charge in [0, 0.05) is 31.2 Å². The van der Waals surface area contributed by atoms with Gasteiger partial charge in [0.2, 0.25) is 0 Å². The van der Waals surface area contributed by atoms with E-state index in [0.717, 1.165) is 23.8 Å². The standard InChI is InChI=1S/C15H17ClN4S/c1-10-12-5-4-6-13(16)15(12)21-14(10)9-19(2)7-11-8-20(3)18-17-11/h4-6,8H,7,9H2,1-3H3. The van der Waals surface area contributed by atoms with Crippen LogP contribution >= 0.6 is 22.9 Å². The molecule has 2 heterocycles. The van der Waals surface area contributed by atoms with E-state index < -0.39 is 0 Å². The molecular formula is C15H17ClN4S. The topological polar surface area (TPSA) is 34.0 Å². The van der Waals surface area contributed by atoms with Crippen molar-refractivity contribution in [3.05, 3.63) is 45.6 Å². The van der Waals surface area contributed by atoms with Gasteiger partial charge in [-0.15, -0.1) is 16.4 Å². The van der Waals surface area contributed by atoms with Gasteiger partial charge in [-0.25, -0.2) is 0 Å². The Hall–Kier alpha value is -1.43. The highest BCUT2D eigenvalue weighted by molar-refractivity contribution is 7.20. The Morgan fingerprint density at radius 2 is 2.14 bits per heavy atom. The number of rotatable bonds is 4. The van der Waals surface area contributed by atoms with E-state index in [2.05, 4.69) is 35.2 Å². The molecule has 0 unspecified atom stereocenters. The minimum atomic E-state index is 0.787.